The first-order valence-electron chi connectivity index (χ1n) is 10.7. The van der Waals surface area contributed by atoms with Gasteiger partial charge in [-0.1, -0.05) is 42.5 Å². The van der Waals surface area contributed by atoms with Gasteiger partial charge >= 0.3 is 0 Å². The highest BCUT2D eigenvalue weighted by Gasteiger charge is 2.32. The fourth-order valence-electron chi connectivity index (χ4n) is 4.41. The molecule has 2 amide bonds. The molecule has 2 heterocycles. The molecule has 1 aliphatic rings. The second-order valence-corrected chi connectivity index (χ2v) is 7.93. The predicted molar refractivity (Wildman–Crippen MR) is 122 cm³/mol. The van der Waals surface area contributed by atoms with Gasteiger partial charge in [0.15, 0.2) is 0 Å². The van der Waals surface area contributed by atoms with E-state index in [4.69, 9.17) is 0 Å². The predicted octanol–water partition coefficient (Wildman–Crippen LogP) is 3.94. The first kappa shape index (κ1) is 20.8. The molecule has 5 rings (SSSR count). The van der Waals surface area contributed by atoms with E-state index in [1.807, 2.05) is 18.2 Å². The Kier molecular flexibility index (Phi) is 5.52. The number of benzene rings is 3. The number of rotatable bonds is 4. The van der Waals surface area contributed by atoms with Crippen LogP contribution in [0, 0.1) is 5.82 Å². The molecule has 0 saturated carbocycles. The lowest BCUT2D eigenvalue weighted by Gasteiger charge is -2.37. The third-order valence-corrected chi connectivity index (χ3v) is 6.00. The Morgan fingerprint density at radius 2 is 1.94 bits per heavy atom. The average Bonchev–Trinajstić information content (AvgIpc) is 2.86. The zero-order chi connectivity index (χ0) is 22.8. The number of hydrogen-bond donors (Lipinski definition) is 1. The Labute approximate surface area is 190 Å². The topological polar surface area (TPSA) is 75.2 Å². The number of halogens is 1. The summed E-state index contributed by atoms with van der Waals surface area (Å²) in [7, 11) is 0. The van der Waals surface area contributed by atoms with E-state index in [-0.39, 0.29) is 35.9 Å². The molecule has 1 atom stereocenters. The third kappa shape index (κ3) is 4.05. The molecule has 3 aromatic carbocycles. The Balaban J connectivity index is 1.48. The van der Waals surface area contributed by atoms with Crippen molar-refractivity contribution < 1.29 is 14.0 Å². The van der Waals surface area contributed by atoms with E-state index >= 15 is 0 Å². The van der Waals surface area contributed by atoms with Crippen molar-refractivity contribution in [3.63, 3.8) is 0 Å². The van der Waals surface area contributed by atoms with Gasteiger partial charge in [-0.05, 0) is 46.5 Å². The first-order chi connectivity index (χ1) is 16.1. The van der Waals surface area contributed by atoms with Gasteiger partial charge in [0.25, 0.3) is 11.8 Å². The number of nitrogens with zero attached hydrogens (tertiary/aromatic N) is 3. The molecule has 0 aliphatic carbocycles. The van der Waals surface area contributed by atoms with Crippen molar-refractivity contribution in [2.24, 2.45) is 0 Å². The van der Waals surface area contributed by atoms with E-state index in [2.05, 4.69) is 21.4 Å². The summed E-state index contributed by atoms with van der Waals surface area (Å²) in [4.78, 5) is 36.1. The highest BCUT2D eigenvalue weighted by molar-refractivity contribution is 6.07. The van der Waals surface area contributed by atoms with E-state index in [1.165, 1.54) is 30.7 Å². The summed E-state index contributed by atoms with van der Waals surface area (Å²) in [5.41, 5.74) is 2.89. The van der Waals surface area contributed by atoms with Crippen LogP contribution in [0.1, 0.15) is 38.0 Å². The minimum Gasteiger partial charge on any atom is -0.348 e. The molecule has 0 spiro atoms. The molecule has 1 aromatic heterocycles. The molecule has 164 valence electrons. The molecule has 0 bridgehead atoms. The molecule has 6 nitrogen and oxygen atoms in total. The number of carbonyl (C=O) groups is 2. The molecule has 33 heavy (non-hydrogen) atoms. The molecule has 0 radical (unpaired) electrons. The van der Waals surface area contributed by atoms with Crippen molar-refractivity contribution in [1.29, 1.82) is 0 Å². The van der Waals surface area contributed by atoms with Crippen LogP contribution in [-0.4, -0.2) is 39.8 Å². The monoisotopic (exact) mass is 440 g/mol. The van der Waals surface area contributed by atoms with Gasteiger partial charge in [0.1, 0.15) is 11.5 Å². The Bertz CT molecular complexity index is 1340. The molecule has 1 aliphatic heterocycles. The van der Waals surface area contributed by atoms with E-state index in [1.54, 1.807) is 29.2 Å². The van der Waals surface area contributed by atoms with Gasteiger partial charge in [0.05, 0.1) is 12.2 Å². The molecule has 7 heteroatoms. The fraction of sp³-hybridized carbons (Fsp3) is 0.154. The molecule has 4 aromatic rings. The van der Waals surface area contributed by atoms with Crippen LogP contribution in [0.2, 0.25) is 0 Å². The van der Waals surface area contributed by atoms with Crippen molar-refractivity contribution >= 4 is 22.6 Å². The molecule has 1 N–H and O–H groups in total. The SMILES string of the molecule is O=C(NCC1c2ccccc2CCN1C(=O)c1cccc2cc(F)ccc12)c1cnccn1. The quantitative estimate of drug-likeness (QED) is 0.522. The van der Waals surface area contributed by atoms with E-state index in [9.17, 15) is 14.0 Å². The van der Waals surface area contributed by atoms with Crippen LogP contribution in [-0.2, 0) is 6.42 Å². The smallest absolute Gasteiger partial charge is 0.271 e. The van der Waals surface area contributed by atoms with E-state index < -0.39 is 0 Å². The number of hydrogen-bond acceptors (Lipinski definition) is 4. The summed E-state index contributed by atoms with van der Waals surface area (Å²) in [6.45, 7) is 0.747. The highest BCUT2D eigenvalue weighted by Crippen LogP contribution is 2.32. The molecule has 0 saturated heterocycles. The highest BCUT2D eigenvalue weighted by atomic mass is 19.1. The number of carbonyl (C=O) groups excluding carboxylic acids is 2. The summed E-state index contributed by atoms with van der Waals surface area (Å²) in [6.07, 6.45) is 5.09. The standard InChI is InChI=1S/C26H21FN4O2/c27-19-8-9-20-18(14-19)5-3-7-22(20)26(33)31-13-10-17-4-1-2-6-21(17)24(31)16-30-25(32)23-15-28-11-12-29-23/h1-9,11-12,14-15,24H,10,13,16H2,(H,30,32). The van der Waals surface area contributed by atoms with Crippen molar-refractivity contribution in [1.82, 2.24) is 20.2 Å². The number of aromatic nitrogens is 2. The van der Waals surface area contributed by atoms with Gasteiger partial charge in [-0.3, -0.25) is 14.6 Å². The molecule has 1 unspecified atom stereocenters. The lowest BCUT2D eigenvalue weighted by Crippen LogP contribution is -2.45. The molecule has 0 fully saturated rings. The maximum atomic E-state index is 13.7. The van der Waals surface area contributed by atoms with Crippen LogP contribution in [0.5, 0.6) is 0 Å². The molecular weight excluding hydrogens is 419 g/mol. The maximum Gasteiger partial charge on any atom is 0.271 e. The minimum absolute atomic E-state index is 0.152. The van der Waals surface area contributed by atoms with Crippen LogP contribution >= 0.6 is 0 Å². The van der Waals surface area contributed by atoms with Crippen LogP contribution in [0.3, 0.4) is 0 Å². The Morgan fingerprint density at radius 3 is 2.79 bits per heavy atom. The number of amides is 2. The Hall–Kier alpha value is -4.13. The summed E-state index contributed by atoms with van der Waals surface area (Å²) in [6, 6.07) is 17.4. The second-order valence-electron chi connectivity index (χ2n) is 7.93. The van der Waals surface area contributed by atoms with Gasteiger partial charge in [-0.2, -0.15) is 0 Å². The summed E-state index contributed by atoms with van der Waals surface area (Å²) >= 11 is 0. The lowest BCUT2D eigenvalue weighted by atomic mass is 9.91. The summed E-state index contributed by atoms with van der Waals surface area (Å²) < 4.78 is 13.7. The second kappa shape index (κ2) is 8.78. The summed E-state index contributed by atoms with van der Waals surface area (Å²) in [5, 5.41) is 4.28. The van der Waals surface area contributed by atoms with Crippen LogP contribution < -0.4 is 5.32 Å². The van der Waals surface area contributed by atoms with Crippen molar-refractivity contribution in [2.45, 2.75) is 12.5 Å². The van der Waals surface area contributed by atoms with Crippen molar-refractivity contribution in [3.8, 4) is 0 Å². The number of nitrogens with one attached hydrogen (secondary N) is 1. The van der Waals surface area contributed by atoms with E-state index in [0.29, 0.717) is 22.9 Å². The minimum atomic E-state index is -0.348. The van der Waals surface area contributed by atoms with Gasteiger partial charge in [-0.25, -0.2) is 9.37 Å². The van der Waals surface area contributed by atoms with Crippen molar-refractivity contribution in [2.75, 3.05) is 13.1 Å². The molecular formula is C26H21FN4O2. The average molecular weight is 440 g/mol. The van der Waals surface area contributed by atoms with Gasteiger partial charge in [0, 0.05) is 31.0 Å². The zero-order valence-electron chi connectivity index (χ0n) is 17.7. The van der Waals surface area contributed by atoms with Gasteiger partial charge in [0.2, 0.25) is 0 Å². The van der Waals surface area contributed by atoms with E-state index in [0.717, 1.165) is 17.5 Å². The van der Waals surface area contributed by atoms with Crippen LogP contribution in [0.15, 0.2) is 79.3 Å². The van der Waals surface area contributed by atoms with Crippen LogP contribution in [0.25, 0.3) is 10.8 Å². The largest absolute Gasteiger partial charge is 0.348 e. The summed E-state index contributed by atoms with van der Waals surface area (Å²) in [5.74, 6) is -0.844. The van der Waals surface area contributed by atoms with Gasteiger partial charge in [-0.15, -0.1) is 0 Å². The van der Waals surface area contributed by atoms with Crippen LogP contribution in [0.4, 0.5) is 4.39 Å². The zero-order valence-corrected chi connectivity index (χ0v) is 17.7. The number of fused-ring (bicyclic) bond motifs is 2. The third-order valence-electron chi connectivity index (χ3n) is 6.00. The van der Waals surface area contributed by atoms with Crippen molar-refractivity contribution in [3.05, 3.63) is 107 Å². The lowest BCUT2D eigenvalue weighted by molar-refractivity contribution is 0.0650. The normalized spacial score (nSPS) is 15.2. The Morgan fingerprint density at radius 1 is 1.06 bits per heavy atom. The fourth-order valence-corrected chi connectivity index (χ4v) is 4.41. The maximum absolute atomic E-state index is 13.7. The van der Waals surface area contributed by atoms with Gasteiger partial charge < -0.3 is 10.2 Å². The first-order valence-corrected chi connectivity index (χ1v) is 10.7.